The molecule has 0 bridgehead atoms. The van der Waals surface area contributed by atoms with Crippen molar-refractivity contribution >= 4 is 0 Å². The second-order valence-corrected chi connectivity index (χ2v) is 6.56. The van der Waals surface area contributed by atoms with Gasteiger partial charge >= 0.3 is 0 Å². The second-order valence-electron chi connectivity index (χ2n) is 6.56. The van der Waals surface area contributed by atoms with E-state index >= 15 is 0 Å². The highest BCUT2D eigenvalue weighted by atomic mass is 16.3. The van der Waals surface area contributed by atoms with Gasteiger partial charge in [0.15, 0.2) is 0 Å². The van der Waals surface area contributed by atoms with Gasteiger partial charge in [-0.3, -0.25) is 4.98 Å². The predicted octanol–water partition coefficient (Wildman–Crippen LogP) is 4.04. The molecule has 2 aromatic rings. The summed E-state index contributed by atoms with van der Waals surface area (Å²) in [5, 5.41) is 13.1. The van der Waals surface area contributed by atoms with Crippen molar-refractivity contribution in [3.63, 3.8) is 0 Å². The molecule has 23 heavy (non-hydrogen) atoms. The van der Waals surface area contributed by atoms with E-state index in [-0.39, 0.29) is 0 Å². The standard InChI is InChI=1S/C20H26N2O/c23-20-11-7-18(8-12-20)17-5-9-19(10-6-17)22-14-2-4-16-3-1-13-21-15-16/h1,3,7-8,11-13,15,17,19,22-23H,2,4-6,9-10,14H2. The van der Waals surface area contributed by atoms with E-state index in [1.165, 1.54) is 43.2 Å². The van der Waals surface area contributed by atoms with E-state index in [2.05, 4.69) is 28.5 Å². The molecule has 0 atom stereocenters. The van der Waals surface area contributed by atoms with E-state index in [4.69, 9.17) is 0 Å². The van der Waals surface area contributed by atoms with Crippen LogP contribution in [0.3, 0.4) is 0 Å². The van der Waals surface area contributed by atoms with Crippen molar-refractivity contribution in [2.24, 2.45) is 0 Å². The Morgan fingerprint density at radius 1 is 1.04 bits per heavy atom. The van der Waals surface area contributed by atoms with Gasteiger partial charge in [0.25, 0.3) is 0 Å². The zero-order chi connectivity index (χ0) is 15.9. The molecule has 1 aliphatic carbocycles. The van der Waals surface area contributed by atoms with E-state index in [1.54, 1.807) is 12.1 Å². The topological polar surface area (TPSA) is 45.1 Å². The number of phenolic OH excluding ortho intramolecular Hbond substituents is 1. The molecule has 3 heteroatoms. The Morgan fingerprint density at radius 3 is 2.52 bits per heavy atom. The number of aromatic nitrogens is 1. The Labute approximate surface area is 138 Å². The number of rotatable bonds is 6. The first-order valence-corrected chi connectivity index (χ1v) is 8.72. The number of phenols is 1. The van der Waals surface area contributed by atoms with Crippen molar-refractivity contribution in [1.82, 2.24) is 10.3 Å². The van der Waals surface area contributed by atoms with Gasteiger partial charge in [-0.05, 0) is 80.3 Å². The molecule has 2 N–H and O–H groups in total. The van der Waals surface area contributed by atoms with Gasteiger partial charge in [-0.2, -0.15) is 0 Å². The quantitative estimate of drug-likeness (QED) is 0.792. The van der Waals surface area contributed by atoms with E-state index in [0.717, 1.165) is 13.0 Å². The molecule has 1 aliphatic rings. The monoisotopic (exact) mass is 310 g/mol. The van der Waals surface area contributed by atoms with Gasteiger partial charge < -0.3 is 10.4 Å². The van der Waals surface area contributed by atoms with Crippen LogP contribution in [-0.4, -0.2) is 22.7 Å². The zero-order valence-electron chi connectivity index (χ0n) is 13.6. The fourth-order valence-electron chi connectivity index (χ4n) is 3.52. The van der Waals surface area contributed by atoms with Gasteiger partial charge in [-0.15, -0.1) is 0 Å². The third kappa shape index (κ3) is 4.80. The maximum atomic E-state index is 9.39. The number of aryl methyl sites for hydroxylation is 1. The van der Waals surface area contributed by atoms with Gasteiger partial charge in [0.05, 0.1) is 0 Å². The third-order valence-corrected chi connectivity index (χ3v) is 4.89. The molecule has 1 saturated carbocycles. The van der Waals surface area contributed by atoms with Gasteiger partial charge in [-0.25, -0.2) is 0 Å². The van der Waals surface area contributed by atoms with Crippen LogP contribution in [0, 0.1) is 0 Å². The minimum absolute atomic E-state index is 0.359. The van der Waals surface area contributed by atoms with Gasteiger partial charge in [0, 0.05) is 18.4 Å². The lowest BCUT2D eigenvalue weighted by molar-refractivity contribution is 0.342. The molecule has 3 nitrogen and oxygen atoms in total. The summed E-state index contributed by atoms with van der Waals surface area (Å²) in [7, 11) is 0. The van der Waals surface area contributed by atoms with Gasteiger partial charge in [-0.1, -0.05) is 18.2 Å². The van der Waals surface area contributed by atoms with Crippen molar-refractivity contribution in [2.45, 2.75) is 50.5 Å². The molecule has 1 fully saturated rings. The third-order valence-electron chi connectivity index (χ3n) is 4.89. The largest absolute Gasteiger partial charge is 0.508 e. The molecule has 0 radical (unpaired) electrons. The predicted molar refractivity (Wildman–Crippen MR) is 93.7 cm³/mol. The number of hydrogen-bond acceptors (Lipinski definition) is 3. The van der Waals surface area contributed by atoms with E-state index in [9.17, 15) is 5.11 Å². The molecule has 1 heterocycles. The molecule has 0 unspecified atom stereocenters. The van der Waals surface area contributed by atoms with Crippen LogP contribution < -0.4 is 5.32 Å². The van der Waals surface area contributed by atoms with Gasteiger partial charge in [0.1, 0.15) is 5.75 Å². The normalized spacial score (nSPS) is 21.2. The highest BCUT2D eigenvalue weighted by molar-refractivity contribution is 5.28. The molecule has 1 aromatic heterocycles. The van der Waals surface area contributed by atoms with E-state index in [0.29, 0.717) is 17.7 Å². The molecule has 0 spiro atoms. The summed E-state index contributed by atoms with van der Waals surface area (Å²) in [6.07, 6.45) is 11.0. The Bertz CT molecular complexity index is 574. The summed E-state index contributed by atoms with van der Waals surface area (Å²) in [4.78, 5) is 4.16. The number of hydrogen-bond donors (Lipinski definition) is 2. The van der Waals surface area contributed by atoms with E-state index in [1.807, 2.05) is 18.5 Å². The summed E-state index contributed by atoms with van der Waals surface area (Å²) in [5.41, 5.74) is 2.70. The zero-order valence-corrected chi connectivity index (χ0v) is 13.6. The lowest BCUT2D eigenvalue weighted by Gasteiger charge is -2.29. The van der Waals surface area contributed by atoms with Crippen LogP contribution >= 0.6 is 0 Å². The molecule has 3 rings (SSSR count). The Hall–Kier alpha value is -1.87. The number of benzene rings is 1. The summed E-state index contributed by atoms with van der Waals surface area (Å²) in [6.45, 7) is 1.09. The average Bonchev–Trinajstić information content (AvgIpc) is 2.61. The van der Waals surface area contributed by atoms with Crippen LogP contribution in [0.25, 0.3) is 0 Å². The highest BCUT2D eigenvalue weighted by Gasteiger charge is 2.21. The van der Waals surface area contributed by atoms with Crippen LogP contribution in [-0.2, 0) is 6.42 Å². The van der Waals surface area contributed by atoms with Gasteiger partial charge in [0.2, 0.25) is 0 Å². The SMILES string of the molecule is Oc1ccc(C2CCC(NCCCc3cccnc3)CC2)cc1. The van der Waals surface area contributed by atoms with Crippen LogP contribution in [0.1, 0.15) is 49.1 Å². The molecule has 0 saturated heterocycles. The average molecular weight is 310 g/mol. The van der Waals surface area contributed by atoms with Crippen molar-refractivity contribution in [1.29, 1.82) is 0 Å². The van der Waals surface area contributed by atoms with Crippen molar-refractivity contribution < 1.29 is 5.11 Å². The number of nitrogens with one attached hydrogen (secondary N) is 1. The molecule has 1 aromatic carbocycles. The van der Waals surface area contributed by atoms with Crippen LogP contribution in [0.15, 0.2) is 48.8 Å². The number of aromatic hydroxyl groups is 1. The van der Waals surface area contributed by atoms with Crippen molar-refractivity contribution in [3.05, 3.63) is 59.9 Å². The fourth-order valence-corrected chi connectivity index (χ4v) is 3.52. The summed E-state index contributed by atoms with van der Waals surface area (Å²) in [5.74, 6) is 1.02. The van der Waals surface area contributed by atoms with E-state index < -0.39 is 0 Å². The first-order valence-electron chi connectivity index (χ1n) is 8.72. The number of pyridine rings is 1. The summed E-state index contributed by atoms with van der Waals surface area (Å²) in [6, 6.07) is 12.6. The Balaban J connectivity index is 1.35. The van der Waals surface area contributed by atoms with Crippen LogP contribution in [0.5, 0.6) is 5.75 Å². The van der Waals surface area contributed by atoms with Crippen molar-refractivity contribution in [2.75, 3.05) is 6.54 Å². The molecular weight excluding hydrogens is 284 g/mol. The lowest BCUT2D eigenvalue weighted by atomic mass is 9.81. The Kier molecular flexibility index (Phi) is 5.65. The van der Waals surface area contributed by atoms with Crippen LogP contribution in [0.2, 0.25) is 0 Å². The molecular formula is C20H26N2O. The molecule has 0 amide bonds. The summed E-state index contributed by atoms with van der Waals surface area (Å²) >= 11 is 0. The molecule has 122 valence electrons. The first-order chi connectivity index (χ1) is 11.3. The van der Waals surface area contributed by atoms with Crippen molar-refractivity contribution in [3.8, 4) is 5.75 Å². The second kappa shape index (κ2) is 8.11. The first kappa shape index (κ1) is 16.0. The fraction of sp³-hybridized carbons (Fsp3) is 0.450. The highest BCUT2D eigenvalue weighted by Crippen LogP contribution is 2.33. The Morgan fingerprint density at radius 2 is 1.83 bits per heavy atom. The lowest BCUT2D eigenvalue weighted by Crippen LogP contribution is -2.33. The summed E-state index contributed by atoms with van der Waals surface area (Å²) < 4.78 is 0. The molecule has 0 aliphatic heterocycles. The minimum Gasteiger partial charge on any atom is -0.508 e. The minimum atomic E-state index is 0.359. The number of nitrogens with zero attached hydrogens (tertiary/aromatic N) is 1. The maximum Gasteiger partial charge on any atom is 0.115 e. The maximum absolute atomic E-state index is 9.39. The smallest absolute Gasteiger partial charge is 0.115 e. The van der Waals surface area contributed by atoms with Crippen LogP contribution in [0.4, 0.5) is 0 Å².